The number of aryl methyl sites for hydroxylation is 1. The number of nitrogens with one attached hydrogen (secondary N) is 2. The Morgan fingerprint density at radius 3 is 3.13 bits per heavy atom. The minimum absolute atomic E-state index is 0.0982. The number of nitrogens with zero attached hydrogens (tertiary/aromatic N) is 2. The van der Waals surface area contributed by atoms with Crippen LogP contribution in [-0.2, 0) is 0 Å². The highest BCUT2D eigenvalue weighted by atomic mass is 32.1. The molecule has 2 aromatic rings. The average Bonchev–Trinajstić information content (AvgIpc) is 2.86. The summed E-state index contributed by atoms with van der Waals surface area (Å²) in [6.45, 7) is 4.79. The molecule has 0 spiro atoms. The van der Waals surface area contributed by atoms with Crippen LogP contribution in [0.1, 0.15) is 10.4 Å². The van der Waals surface area contributed by atoms with Gasteiger partial charge in [-0.25, -0.2) is 4.99 Å². The lowest BCUT2D eigenvalue weighted by Crippen LogP contribution is -2.54. The minimum Gasteiger partial charge on any atom is -0.395 e. The molecule has 4 rings (SSSR count). The largest absolute Gasteiger partial charge is 0.395 e. The molecule has 120 valence electrons. The fourth-order valence-corrected chi connectivity index (χ4v) is 4.05. The molecule has 1 atom stereocenters. The van der Waals surface area contributed by atoms with E-state index in [4.69, 9.17) is 4.99 Å². The van der Waals surface area contributed by atoms with E-state index in [0.29, 0.717) is 0 Å². The zero-order chi connectivity index (χ0) is 15.8. The van der Waals surface area contributed by atoms with Crippen molar-refractivity contribution < 1.29 is 5.11 Å². The van der Waals surface area contributed by atoms with Crippen molar-refractivity contribution in [3.05, 3.63) is 40.8 Å². The van der Waals surface area contributed by atoms with Crippen molar-refractivity contribution in [2.45, 2.75) is 13.0 Å². The molecular formula is C17H20N4OS. The molecule has 5 nitrogen and oxygen atoms in total. The van der Waals surface area contributed by atoms with Gasteiger partial charge in [-0.05, 0) is 25.1 Å². The Balaban J connectivity index is 1.80. The first-order chi connectivity index (χ1) is 11.2. The predicted octanol–water partition coefficient (Wildman–Crippen LogP) is 2.46. The molecule has 1 saturated heterocycles. The number of piperazine rings is 1. The molecule has 3 heterocycles. The minimum atomic E-state index is 0.0982. The van der Waals surface area contributed by atoms with Gasteiger partial charge in [-0.2, -0.15) is 0 Å². The van der Waals surface area contributed by atoms with Gasteiger partial charge >= 0.3 is 0 Å². The smallest absolute Gasteiger partial charge is 0.139 e. The van der Waals surface area contributed by atoms with Gasteiger partial charge in [0.25, 0.3) is 0 Å². The summed E-state index contributed by atoms with van der Waals surface area (Å²) in [5.74, 6) is 1.00. The van der Waals surface area contributed by atoms with Crippen molar-refractivity contribution in [1.29, 1.82) is 0 Å². The van der Waals surface area contributed by atoms with Crippen LogP contribution in [0, 0.1) is 6.92 Å². The molecule has 1 aromatic heterocycles. The number of rotatable bonds is 1. The van der Waals surface area contributed by atoms with E-state index < -0.39 is 0 Å². The van der Waals surface area contributed by atoms with E-state index in [2.05, 4.69) is 34.6 Å². The lowest BCUT2D eigenvalue weighted by molar-refractivity contribution is 0.191. The second-order valence-electron chi connectivity index (χ2n) is 5.96. The van der Waals surface area contributed by atoms with Crippen LogP contribution in [0.2, 0.25) is 0 Å². The van der Waals surface area contributed by atoms with Gasteiger partial charge in [-0.3, -0.25) is 0 Å². The van der Waals surface area contributed by atoms with Crippen LogP contribution in [0.25, 0.3) is 0 Å². The Bertz CT molecular complexity index is 755. The van der Waals surface area contributed by atoms with E-state index in [1.807, 2.05) is 18.2 Å². The Kier molecular flexibility index (Phi) is 3.80. The summed E-state index contributed by atoms with van der Waals surface area (Å²) in [6, 6.07) is 10.4. The Hall–Kier alpha value is -1.89. The highest BCUT2D eigenvalue weighted by Crippen LogP contribution is 2.39. The second kappa shape index (κ2) is 5.96. The number of aliphatic hydroxyl groups excluding tert-OH is 1. The molecule has 0 saturated carbocycles. The van der Waals surface area contributed by atoms with E-state index >= 15 is 0 Å². The van der Waals surface area contributed by atoms with Crippen LogP contribution in [0.5, 0.6) is 0 Å². The summed E-state index contributed by atoms with van der Waals surface area (Å²) < 4.78 is 0. The molecule has 0 radical (unpaired) electrons. The van der Waals surface area contributed by atoms with Crippen molar-refractivity contribution >= 4 is 33.5 Å². The van der Waals surface area contributed by atoms with E-state index in [0.717, 1.165) is 47.4 Å². The summed E-state index contributed by atoms with van der Waals surface area (Å²) in [6.07, 6.45) is 0. The molecule has 23 heavy (non-hydrogen) atoms. The lowest BCUT2D eigenvalue weighted by Gasteiger charge is -2.34. The number of amidine groups is 1. The molecule has 0 amide bonds. The fourth-order valence-electron chi connectivity index (χ4n) is 3.13. The van der Waals surface area contributed by atoms with Gasteiger partial charge in [0.05, 0.1) is 23.5 Å². The normalized spacial score (nSPS) is 20.2. The maximum Gasteiger partial charge on any atom is 0.139 e. The van der Waals surface area contributed by atoms with Crippen molar-refractivity contribution in [3.8, 4) is 0 Å². The van der Waals surface area contributed by atoms with Gasteiger partial charge in [0.15, 0.2) is 0 Å². The summed E-state index contributed by atoms with van der Waals surface area (Å²) in [7, 11) is 0. The zero-order valence-corrected chi connectivity index (χ0v) is 13.9. The van der Waals surface area contributed by atoms with E-state index in [-0.39, 0.29) is 12.6 Å². The first kappa shape index (κ1) is 14.7. The number of benzene rings is 1. The Morgan fingerprint density at radius 2 is 2.26 bits per heavy atom. The number of thiophene rings is 1. The fraction of sp³-hybridized carbons (Fsp3) is 0.353. The molecule has 0 bridgehead atoms. The van der Waals surface area contributed by atoms with Gasteiger partial charge in [0.1, 0.15) is 10.8 Å². The van der Waals surface area contributed by atoms with E-state index in [1.165, 1.54) is 4.88 Å². The molecular weight excluding hydrogens is 308 g/mol. The summed E-state index contributed by atoms with van der Waals surface area (Å²) in [5, 5.41) is 17.5. The summed E-state index contributed by atoms with van der Waals surface area (Å²) in [5.41, 5.74) is 3.16. The van der Waals surface area contributed by atoms with Crippen molar-refractivity contribution in [1.82, 2.24) is 10.2 Å². The summed E-state index contributed by atoms with van der Waals surface area (Å²) in [4.78, 5) is 8.51. The van der Waals surface area contributed by atoms with Crippen LogP contribution in [-0.4, -0.2) is 48.1 Å². The average molecular weight is 328 g/mol. The monoisotopic (exact) mass is 328 g/mol. The molecule has 1 fully saturated rings. The van der Waals surface area contributed by atoms with Gasteiger partial charge < -0.3 is 20.6 Å². The van der Waals surface area contributed by atoms with Gasteiger partial charge in [-0.15, -0.1) is 11.3 Å². The Labute approximate surface area is 139 Å². The second-order valence-corrected chi connectivity index (χ2v) is 7.21. The highest BCUT2D eigenvalue weighted by molar-refractivity contribution is 7.16. The molecule has 2 aliphatic rings. The predicted molar refractivity (Wildman–Crippen MR) is 95.4 cm³/mol. The molecule has 1 unspecified atom stereocenters. The first-order valence-corrected chi connectivity index (χ1v) is 8.71. The van der Waals surface area contributed by atoms with Gasteiger partial charge in [0.2, 0.25) is 0 Å². The molecule has 1 aromatic carbocycles. The van der Waals surface area contributed by atoms with Gasteiger partial charge in [-0.1, -0.05) is 12.1 Å². The van der Waals surface area contributed by atoms with Crippen LogP contribution < -0.4 is 10.6 Å². The van der Waals surface area contributed by atoms with Crippen molar-refractivity contribution in [2.75, 3.05) is 31.6 Å². The number of aliphatic hydroxyl groups is 1. The van der Waals surface area contributed by atoms with E-state index in [9.17, 15) is 5.11 Å². The zero-order valence-electron chi connectivity index (χ0n) is 13.0. The number of fused-ring (bicyclic) bond motifs is 2. The van der Waals surface area contributed by atoms with Crippen LogP contribution in [0.15, 0.2) is 35.3 Å². The number of aliphatic imine (C=N–C) groups is 1. The lowest BCUT2D eigenvalue weighted by atomic mass is 10.1. The third-order valence-electron chi connectivity index (χ3n) is 4.25. The maximum absolute atomic E-state index is 9.48. The van der Waals surface area contributed by atoms with Crippen LogP contribution in [0.3, 0.4) is 0 Å². The highest BCUT2D eigenvalue weighted by Gasteiger charge is 2.27. The number of anilines is 2. The van der Waals surface area contributed by atoms with Crippen LogP contribution >= 0.6 is 11.3 Å². The van der Waals surface area contributed by atoms with Crippen molar-refractivity contribution in [2.24, 2.45) is 4.99 Å². The molecule has 0 aliphatic carbocycles. The number of hydrogen-bond acceptors (Lipinski definition) is 6. The quantitative estimate of drug-likeness (QED) is 0.753. The molecule has 2 aliphatic heterocycles. The molecule has 6 heteroatoms. The third-order valence-corrected chi connectivity index (χ3v) is 5.22. The summed E-state index contributed by atoms with van der Waals surface area (Å²) >= 11 is 1.76. The third kappa shape index (κ3) is 2.73. The molecule has 3 N–H and O–H groups in total. The standard InChI is InChI=1S/C17H20N4OS/c1-11-8-13-16(21-7-6-18-12(9-21)10-22)19-14-4-2-3-5-15(14)20-17(13)23-11/h2-5,8,12,18,20,22H,6-7,9-10H2,1H3. The van der Waals surface area contributed by atoms with Gasteiger partial charge in [0, 0.05) is 30.6 Å². The van der Waals surface area contributed by atoms with Crippen LogP contribution in [0.4, 0.5) is 16.4 Å². The number of para-hydroxylation sites is 2. The van der Waals surface area contributed by atoms with E-state index in [1.54, 1.807) is 11.3 Å². The Morgan fingerprint density at radius 1 is 1.39 bits per heavy atom. The SMILES string of the molecule is Cc1cc2c(s1)Nc1ccccc1N=C2N1CCNC(CO)C1. The maximum atomic E-state index is 9.48. The first-order valence-electron chi connectivity index (χ1n) is 7.89. The topological polar surface area (TPSA) is 59.9 Å². The van der Waals surface area contributed by atoms with Crippen molar-refractivity contribution in [3.63, 3.8) is 0 Å². The number of hydrogen-bond donors (Lipinski definition) is 3.